The summed E-state index contributed by atoms with van der Waals surface area (Å²) >= 11 is 0. The molecule has 0 bridgehead atoms. The maximum Gasteiger partial charge on any atom is 0.141 e. The maximum atomic E-state index is 13.9. The molecule has 1 fully saturated rings. The normalized spacial score (nSPS) is 18.3. The third-order valence-corrected chi connectivity index (χ3v) is 3.04. The zero-order valence-electron chi connectivity index (χ0n) is 8.91. The second-order valence-corrected chi connectivity index (χ2v) is 4.43. The molecule has 2 nitrogen and oxygen atoms in total. The fourth-order valence-corrected chi connectivity index (χ4v) is 2.05. The van der Waals surface area contributed by atoms with E-state index in [2.05, 4.69) is 10.3 Å². The van der Waals surface area contributed by atoms with Gasteiger partial charge >= 0.3 is 0 Å². The van der Waals surface area contributed by atoms with E-state index in [1.807, 2.05) is 36.4 Å². The Bertz CT molecular complexity index is 520. The summed E-state index contributed by atoms with van der Waals surface area (Å²) in [5.74, 6) is 0. The third-order valence-electron chi connectivity index (χ3n) is 3.04. The van der Waals surface area contributed by atoms with Gasteiger partial charge in [0.05, 0.1) is 5.52 Å². The largest absolute Gasteiger partial charge is 0.310 e. The highest BCUT2D eigenvalue weighted by molar-refractivity contribution is 5.78. The molecule has 0 aliphatic carbocycles. The molecule has 3 rings (SSSR count). The van der Waals surface area contributed by atoms with E-state index < -0.39 is 5.67 Å². The SMILES string of the molecule is FC1(Cc2ccc3ccccc3n2)CNC1. The van der Waals surface area contributed by atoms with E-state index in [0.717, 1.165) is 16.6 Å². The molecule has 0 amide bonds. The lowest BCUT2D eigenvalue weighted by Gasteiger charge is -2.34. The van der Waals surface area contributed by atoms with Crippen LogP contribution in [-0.2, 0) is 6.42 Å². The summed E-state index contributed by atoms with van der Waals surface area (Å²) in [6.07, 6.45) is 0.408. The Hall–Kier alpha value is -1.48. The van der Waals surface area contributed by atoms with Crippen LogP contribution >= 0.6 is 0 Å². The standard InChI is InChI=1S/C13H13FN2/c14-13(8-15-9-13)7-11-6-5-10-3-1-2-4-12(10)16-11/h1-6,15H,7-9H2. The van der Waals surface area contributed by atoms with Gasteiger partial charge in [-0.1, -0.05) is 24.3 Å². The topological polar surface area (TPSA) is 24.9 Å². The Morgan fingerprint density at radius 1 is 1.19 bits per heavy atom. The zero-order chi connectivity index (χ0) is 11.0. The van der Waals surface area contributed by atoms with E-state index in [4.69, 9.17) is 0 Å². The monoisotopic (exact) mass is 216 g/mol. The highest BCUT2D eigenvalue weighted by atomic mass is 19.1. The summed E-state index contributed by atoms with van der Waals surface area (Å²) in [5, 5.41) is 4.06. The van der Waals surface area contributed by atoms with Crippen molar-refractivity contribution in [1.82, 2.24) is 10.3 Å². The van der Waals surface area contributed by atoms with Gasteiger partial charge in [0.1, 0.15) is 5.67 Å². The quantitative estimate of drug-likeness (QED) is 0.831. The number of pyridine rings is 1. The molecule has 2 aromatic rings. The van der Waals surface area contributed by atoms with Crippen LogP contribution in [0, 0.1) is 0 Å². The highest BCUT2D eigenvalue weighted by Crippen LogP contribution is 2.22. The summed E-state index contributed by atoms with van der Waals surface area (Å²) in [5.41, 5.74) is 0.689. The van der Waals surface area contributed by atoms with Crippen LogP contribution in [0.5, 0.6) is 0 Å². The van der Waals surface area contributed by atoms with Crippen LogP contribution in [0.4, 0.5) is 4.39 Å². The lowest BCUT2D eigenvalue weighted by Crippen LogP contribution is -2.57. The van der Waals surface area contributed by atoms with Crippen LogP contribution in [0.2, 0.25) is 0 Å². The average Bonchev–Trinajstić information content (AvgIpc) is 2.27. The van der Waals surface area contributed by atoms with Gasteiger partial charge in [0.2, 0.25) is 0 Å². The molecule has 0 radical (unpaired) electrons. The number of rotatable bonds is 2. The Morgan fingerprint density at radius 2 is 2.00 bits per heavy atom. The van der Waals surface area contributed by atoms with Crippen molar-refractivity contribution >= 4 is 10.9 Å². The summed E-state index contributed by atoms with van der Waals surface area (Å²) in [7, 11) is 0. The number of benzene rings is 1. The first-order valence-electron chi connectivity index (χ1n) is 5.50. The summed E-state index contributed by atoms with van der Waals surface area (Å²) in [6, 6.07) is 11.8. The Kier molecular flexibility index (Phi) is 2.14. The number of para-hydroxylation sites is 1. The molecule has 1 aromatic carbocycles. The van der Waals surface area contributed by atoms with Gasteiger partial charge in [-0.15, -0.1) is 0 Å². The molecule has 3 heteroatoms. The molecule has 0 unspecified atom stereocenters. The van der Waals surface area contributed by atoms with Crippen molar-refractivity contribution in [3.63, 3.8) is 0 Å². The molecule has 1 aliphatic rings. The van der Waals surface area contributed by atoms with E-state index in [-0.39, 0.29) is 0 Å². The van der Waals surface area contributed by atoms with Crippen molar-refractivity contribution in [3.8, 4) is 0 Å². The molecule has 16 heavy (non-hydrogen) atoms. The lowest BCUT2D eigenvalue weighted by molar-refractivity contribution is 0.0901. The van der Waals surface area contributed by atoms with Gasteiger partial charge in [-0.3, -0.25) is 4.98 Å². The smallest absolute Gasteiger partial charge is 0.141 e. The summed E-state index contributed by atoms with van der Waals surface area (Å²) in [4.78, 5) is 4.47. The lowest BCUT2D eigenvalue weighted by atomic mass is 9.93. The predicted molar refractivity (Wildman–Crippen MR) is 62.2 cm³/mol. The van der Waals surface area contributed by atoms with Gasteiger partial charge in [-0.2, -0.15) is 0 Å². The van der Waals surface area contributed by atoms with Crippen molar-refractivity contribution in [2.24, 2.45) is 0 Å². The van der Waals surface area contributed by atoms with E-state index in [1.165, 1.54) is 0 Å². The van der Waals surface area contributed by atoms with Crippen LogP contribution in [0.3, 0.4) is 0 Å². The number of nitrogens with zero attached hydrogens (tertiary/aromatic N) is 1. The minimum Gasteiger partial charge on any atom is -0.310 e. The molecule has 82 valence electrons. The van der Waals surface area contributed by atoms with Gasteiger partial charge < -0.3 is 5.32 Å². The summed E-state index contributed by atoms with van der Waals surface area (Å²) < 4.78 is 13.9. The predicted octanol–water partition coefficient (Wildman–Crippen LogP) is 2.09. The van der Waals surface area contributed by atoms with Crippen LogP contribution in [0.15, 0.2) is 36.4 Å². The highest BCUT2D eigenvalue weighted by Gasteiger charge is 2.37. The molecule has 1 N–H and O–H groups in total. The molecule has 0 atom stereocenters. The Morgan fingerprint density at radius 3 is 2.75 bits per heavy atom. The fourth-order valence-electron chi connectivity index (χ4n) is 2.05. The number of nitrogens with one attached hydrogen (secondary N) is 1. The molecule has 0 spiro atoms. The van der Waals surface area contributed by atoms with Crippen LogP contribution in [0.1, 0.15) is 5.69 Å². The molecule has 1 aromatic heterocycles. The molecular formula is C13H13FN2. The Balaban J connectivity index is 1.93. The number of fused-ring (bicyclic) bond motifs is 1. The average molecular weight is 216 g/mol. The van der Waals surface area contributed by atoms with Crippen molar-refractivity contribution < 1.29 is 4.39 Å². The first-order chi connectivity index (χ1) is 7.75. The van der Waals surface area contributed by atoms with Gasteiger partial charge in [-0.25, -0.2) is 4.39 Å². The van der Waals surface area contributed by atoms with Crippen molar-refractivity contribution in [2.45, 2.75) is 12.1 Å². The van der Waals surface area contributed by atoms with Gasteiger partial charge in [0.25, 0.3) is 0 Å². The molecule has 0 saturated carbocycles. The van der Waals surface area contributed by atoms with Crippen LogP contribution < -0.4 is 5.32 Å². The van der Waals surface area contributed by atoms with Crippen molar-refractivity contribution in [1.29, 1.82) is 0 Å². The van der Waals surface area contributed by atoms with E-state index >= 15 is 0 Å². The number of hydrogen-bond donors (Lipinski definition) is 1. The van der Waals surface area contributed by atoms with E-state index in [1.54, 1.807) is 0 Å². The minimum absolute atomic E-state index is 0.408. The number of aromatic nitrogens is 1. The van der Waals surface area contributed by atoms with Crippen LogP contribution in [0.25, 0.3) is 10.9 Å². The van der Waals surface area contributed by atoms with Gasteiger partial charge in [0.15, 0.2) is 0 Å². The van der Waals surface area contributed by atoms with Crippen LogP contribution in [-0.4, -0.2) is 23.7 Å². The van der Waals surface area contributed by atoms with Crippen molar-refractivity contribution in [3.05, 3.63) is 42.1 Å². The Labute approximate surface area is 93.5 Å². The third kappa shape index (κ3) is 1.67. The van der Waals surface area contributed by atoms with Gasteiger partial charge in [-0.05, 0) is 12.1 Å². The molecule has 1 saturated heterocycles. The second-order valence-electron chi connectivity index (χ2n) is 4.43. The molecular weight excluding hydrogens is 203 g/mol. The first kappa shape index (κ1) is 9.73. The minimum atomic E-state index is -1.09. The second kappa shape index (κ2) is 3.52. The number of alkyl halides is 1. The molecule has 1 aliphatic heterocycles. The number of hydrogen-bond acceptors (Lipinski definition) is 2. The molecule has 2 heterocycles. The van der Waals surface area contributed by atoms with E-state index in [9.17, 15) is 4.39 Å². The number of halogens is 1. The van der Waals surface area contributed by atoms with Crippen molar-refractivity contribution in [2.75, 3.05) is 13.1 Å². The maximum absolute atomic E-state index is 13.9. The first-order valence-corrected chi connectivity index (χ1v) is 5.50. The fraction of sp³-hybridized carbons (Fsp3) is 0.308. The van der Waals surface area contributed by atoms with E-state index in [0.29, 0.717) is 19.5 Å². The zero-order valence-corrected chi connectivity index (χ0v) is 8.91. The van der Waals surface area contributed by atoms with Gasteiger partial charge in [0, 0.05) is 30.6 Å². The summed E-state index contributed by atoms with van der Waals surface area (Å²) in [6.45, 7) is 0.892.